The van der Waals surface area contributed by atoms with Crippen LogP contribution in [0.3, 0.4) is 0 Å². The first kappa shape index (κ1) is 15.0. The number of aromatic carboxylic acids is 1. The molecule has 0 unspecified atom stereocenters. The Morgan fingerprint density at radius 1 is 1.38 bits per heavy atom. The van der Waals surface area contributed by atoms with Crippen molar-refractivity contribution in [3.05, 3.63) is 40.4 Å². The molecular weight excluding hydrogens is 342 g/mol. The lowest BCUT2D eigenvalue weighted by Gasteiger charge is -2.07. The van der Waals surface area contributed by atoms with Crippen molar-refractivity contribution in [3.63, 3.8) is 0 Å². The van der Waals surface area contributed by atoms with Crippen LogP contribution in [0, 0.1) is 0 Å². The first-order chi connectivity index (χ1) is 9.94. The highest BCUT2D eigenvalue weighted by molar-refractivity contribution is 9.10. The van der Waals surface area contributed by atoms with Crippen molar-refractivity contribution in [1.29, 1.82) is 0 Å². The van der Waals surface area contributed by atoms with Gasteiger partial charge >= 0.3 is 12.0 Å². The monoisotopic (exact) mass is 353 g/mol. The van der Waals surface area contributed by atoms with Crippen LogP contribution in [0.4, 0.5) is 10.5 Å². The summed E-state index contributed by atoms with van der Waals surface area (Å²) < 4.78 is 2.09. The van der Waals surface area contributed by atoms with Gasteiger partial charge < -0.3 is 15.7 Å². The molecule has 0 spiro atoms. The minimum atomic E-state index is -1.07. The first-order valence-electron chi connectivity index (χ1n) is 5.87. The third-order valence-electron chi connectivity index (χ3n) is 2.46. The van der Waals surface area contributed by atoms with E-state index in [9.17, 15) is 9.59 Å². The van der Waals surface area contributed by atoms with E-state index in [1.165, 1.54) is 23.1 Å². The highest BCUT2D eigenvalue weighted by Crippen LogP contribution is 2.19. The zero-order valence-electron chi connectivity index (χ0n) is 11.0. The fourth-order valence-corrected chi connectivity index (χ4v) is 2.08. The lowest BCUT2D eigenvalue weighted by Crippen LogP contribution is -2.28. The summed E-state index contributed by atoms with van der Waals surface area (Å²) in [4.78, 5) is 26.6. The van der Waals surface area contributed by atoms with Crippen molar-refractivity contribution in [1.82, 2.24) is 20.1 Å². The quantitative estimate of drug-likeness (QED) is 0.773. The highest BCUT2D eigenvalue weighted by atomic mass is 79.9. The van der Waals surface area contributed by atoms with Gasteiger partial charge in [0, 0.05) is 17.2 Å². The lowest BCUT2D eigenvalue weighted by atomic mass is 10.2. The third kappa shape index (κ3) is 4.28. The van der Waals surface area contributed by atoms with Crippen molar-refractivity contribution in [2.75, 3.05) is 5.32 Å². The third-order valence-corrected chi connectivity index (χ3v) is 2.91. The van der Waals surface area contributed by atoms with E-state index in [2.05, 4.69) is 36.6 Å². The second kappa shape index (κ2) is 6.35. The molecule has 1 aromatic heterocycles. The number of halogens is 1. The van der Waals surface area contributed by atoms with Crippen molar-refractivity contribution in [3.8, 4) is 0 Å². The van der Waals surface area contributed by atoms with Crippen LogP contribution in [0.1, 0.15) is 16.2 Å². The van der Waals surface area contributed by atoms with Crippen molar-refractivity contribution in [2.24, 2.45) is 7.05 Å². The molecule has 2 rings (SSSR count). The average Bonchev–Trinajstić information content (AvgIpc) is 2.81. The van der Waals surface area contributed by atoms with Crippen molar-refractivity contribution in [2.45, 2.75) is 6.54 Å². The van der Waals surface area contributed by atoms with E-state index in [4.69, 9.17) is 5.11 Å². The number of urea groups is 1. The molecule has 0 saturated carbocycles. The van der Waals surface area contributed by atoms with E-state index in [1.807, 2.05) is 0 Å². The SMILES string of the molecule is Cn1cnc(CNC(=O)Nc2cc(Br)cc(C(=O)O)c2)n1. The fourth-order valence-electron chi connectivity index (χ4n) is 1.58. The zero-order valence-corrected chi connectivity index (χ0v) is 12.6. The Morgan fingerprint density at radius 3 is 2.76 bits per heavy atom. The summed E-state index contributed by atoms with van der Waals surface area (Å²) in [6.07, 6.45) is 1.53. The number of hydrogen-bond acceptors (Lipinski definition) is 4. The summed E-state index contributed by atoms with van der Waals surface area (Å²) in [5.41, 5.74) is 0.444. The number of nitrogens with zero attached hydrogens (tertiary/aromatic N) is 3. The summed E-state index contributed by atoms with van der Waals surface area (Å²) in [6, 6.07) is 3.94. The van der Waals surface area contributed by atoms with E-state index in [0.29, 0.717) is 16.0 Å². The Bertz CT molecular complexity index is 685. The Balaban J connectivity index is 1.97. The number of hydrogen-bond donors (Lipinski definition) is 3. The number of rotatable bonds is 4. The van der Waals surface area contributed by atoms with E-state index < -0.39 is 12.0 Å². The smallest absolute Gasteiger partial charge is 0.335 e. The topological polar surface area (TPSA) is 109 Å². The Kier molecular flexibility index (Phi) is 4.53. The highest BCUT2D eigenvalue weighted by Gasteiger charge is 2.09. The van der Waals surface area contributed by atoms with Crippen molar-refractivity contribution < 1.29 is 14.7 Å². The number of carboxylic acid groups (broad SMARTS) is 1. The van der Waals surface area contributed by atoms with E-state index >= 15 is 0 Å². The number of benzene rings is 1. The molecular formula is C12H12BrN5O3. The van der Waals surface area contributed by atoms with E-state index in [0.717, 1.165) is 0 Å². The summed E-state index contributed by atoms with van der Waals surface area (Å²) in [5, 5.41) is 18.1. The standard InChI is InChI=1S/C12H12BrN5O3/c1-18-6-15-10(17-18)5-14-12(21)16-9-3-7(11(19)20)2-8(13)4-9/h2-4,6H,5H2,1H3,(H,19,20)(H2,14,16,21). The van der Waals surface area contributed by atoms with Crippen LogP contribution in [0.15, 0.2) is 29.0 Å². The molecule has 0 aliphatic carbocycles. The van der Waals surface area contributed by atoms with Gasteiger partial charge in [-0.3, -0.25) is 4.68 Å². The summed E-state index contributed by atoms with van der Waals surface area (Å²) in [5.74, 6) is -0.592. The Morgan fingerprint density at radius 2 is 2.14 bits per heavy atom. The number of aromatic nitrogens is 3. The molecule has 0 aliphatic heterocycles. The normalized spacial score (nSPS) is 10.2. The largest absolute Gasteiger partial charge is 0.478 e. The van der Waals surface area contributed by atoms with Crippen LogP contribution in [0.2, 0.25) is 0 Å². The van der Waals surface area contributed by atoms with Crippen LogP contribution in [0.5, 0.6) is 0 Å². The predicted molar refractivity (Wildman–Crippen MR) is 78.0 cm³/mol. The van der Waals surface area contributed by atoms with Gasteiger partial charge in [0.15, 0.2) is 5.82 Å². The maximum Gasteiger partial charge on any atom is 0.335 e. The van der Waals surface area contributed by atoms with Crippen LogP contribution in [0.25, 0.3) is 0 Å². The minimum Gasteiger partial charge on any atom is -0.478 e. The van der Waals surface area contributed by atoms with Crippen LogP contribution >= 0.6 is 15.9 Å². The maximum atomic E-state index is 11.7. The summed E-state index contributed by atoms with van der Waals surface area (Å²) >= 11 is 3.19. The predicted octanol–water partition coefficient (Wildman–Crippen LogP) is 1.60. The van der Waals surface area contributed by atoms with E-state index in [1.54, 1.807) is 13.1 Å². The molecule has 1 heterocycles. The van der Waals surface area contributed by atoms with Gasteiger partial charge in [-0.05, 0) is 18.2 Å². The van der Waals surface area contributed by atoms with Gasteiger partial charge in [-0.2, -0.15) is 5.10 Å². The number of carboxylic acids is 1. The molecule has 2 amide bonds. The number of anilines is 1. The number of aryl methyl sites for hydroxylation is 1. The summed E-state index contributed by atoms with van der Waals surface area (Å²) in [7, 11) is 1.73. The molecule has 2 aromatic rings. The molecule has 1 aromatic carbocycles. The molecule has 0 atom stereocenters. The summed E-state index contributed by atoms with van der Waals surface area (Å²) in [6.45, 7) is 0.173. The van der Waals surface area contributed by atoms with Crippen molar-refractivity contribution >= 4 is 33.6 Å². The van der Waals surface area contributed by atoms with Gasteiger partial charge in [0.25, 0.3) is 0 Å². The number of carbonyl (C=O) groups excluding carboxylic acids is 1. The maximum absolute atomic E-state index is 11.7. The van der Waals surface area contributed by atoms with Crippen LogP contribution in [-0.4, -0.2) is 31.9 Å². The molecule has 0 aliphatic rings. The molecule has 9 heteroatoms. The van der Waals surface area contributed by atoms with Gasteiger partial charge in [0.05, 0.1) is 12.1 Å². The van der Waals surface area contributed by atoms with E-state index in [-0.39, 0.29) is 12.1 Å². The average molecular weight is 354 g/mol. The minimum absolute atomic E-state index is 0.0751. The lowest BCUT2D eigenvalue weighted by molar-refractivity contribution is 0.0697. The van der Waals surface area contributed by atoms with Gasteiger partial charge in [-0.25, -0.2) is 14.6 Å². The number of amides is 2. The van der Waals surface area contributed by atoms with Crippen LogP contribution in [-0.2, 0) is 13.6 Å². The molecule has 110 valence electrons. The fraction of sp³-hybridized carbons (Fsp3) is 0.167. The zero-order chi connectivity index (χ0) is 15.4. The van der Waals surface area contributed by atoms with Gasteiger partial charge in [0.1, 0.15) is 6.33 Å². The van der Waals surface area contributed by atoms with Gasteiger partial charge in [-0.15, -0.1) is 0 Å². The molecule has 0 radical (unpaired) electrons. The molecule has 3 N–H and O–H groups in total. The Hall–Kier alpha value is -2.42. The van der Waals surface area contributed by atoms with Gasteiger partial charge in [-0.1, -0.05) is 15.9 Å². The molecule has 0 bridgehead atoms. The number of carbonyl (C=O) groups is 2. The second-order valence-corrected chi connectivity index (χ2v) is 5.09. The number of nitrogens with one attached hydrogen (secondary N) is 2. The second-order valence-electron chi connectivity index (χ2n) is 4.18. The van der Waals surface area contributed by atoms with Crippen LogP contribution < -0.4 is 10.6 Å². The molecule has 8 nitrogen and oxygen atoms in total. The Labute approximate surface area is 128 Å². The van der Waals surface area contributed by atoms with Gasteiger partial charge in [0.2, 0.25) is 0 Å². The molecule has 21 heavy (non-hydrogen) atoms. The molecule has 0 fully saturated rings. The molecule has 0 saturated heterocycles. The first-order valence-corrected chi connectivity index (χ1v) is 6.66.